The predicted molar refractivity (Wildman–Crippen MR) is 79.7 cm³/mol. The Morgan fingerprint density at radius 2 is 2.16 bits per heavy atom. The standard InChI is InChI=1S/C14H21BrN2O2/c1-18-13-2-3-14(15)12(10-13)11-16-4-5-17-6-8-19-9-7-17/h2-3,10,16H,4-9,11H2,1H3. The molecular weight excluding hydrogens is 308 g/mol. The van der Waals surface area contributed by atoms with Crippen LogP contribution >= 0.6 is 15.9 Å². The molecule has 1 heterocycles. The van der Waals surface area contributed by atoms with Crippen molar-refractivity contribution in [3.05, 3.63) is 28.2 Å². The van der Waals surface area contributed by atoms with E-state index in [2.05, 4.69) is 32.2 Å². The highest BCUT2D eigenvalue weighted by Gasteiger charge is 2.09. The molecule has 19 heavy (non-hydrogen) atoms. The van der Waals surface area contributed by atoms with Crippen molar-refractivity contribution in [2.75, 3.05) is 46.5 Å². The van der Waals surface area contributed by atoms with Crippen molar-refractivity contribution >= 4 is 15.9 Å². The maximum Gasteiger partial charge on any atom is 0.119 e. The molecule has 1 N–H and O–H groups in total. The van der Waals surface area contributed by atoms with Crippen molar-refractivity contribution in [2.45, 2.75) is 6.54 Å². The topological polar surface area (TPSA) is 33.7 Å². The Morgan fingerprint density at radius 3 is 2.89 bits per heavy atom. The summed E-state index contributed by atoms with van der Waals surface area (Å²) >= 11 is 3.57. The van der Waals surface area contributed by atoms with E-state index in [1.807, 2.05) is 12.1 Å². The van der Waals surface area contributed by atoms with E-state index in [9.17, 15) is 0 Å². The molecule has 1 saturated heterocycles. The Kier molecular flexibility index (Phi) is 6.10. The first-order valence-electron chi connectivity index (χ1n) is 6.63. The second-order valence-electron chi connectivity index (χ2n) is 4.59. The molecule has 2 rings (SSSR count). The van der Waals surface area contributed by atoms with Gasteiger partial charge in [-0.2, -0.15) is 0 Å². The number of morpholine rings is 1. The predicted octanol–water partition coefficient (Wildman–Crippen LogP) is 1.88. The molecule has 5 heteroatoms. The van der Waals surface area contributed by atoms with Gasteiger partial charge < -0.3 is 14.8 Å². The molecule has 0 saturated carbocycles. The molecule has 0 radical (unpaired) electrons. The SMILES string of the molecule is COc1ccc(Br)c(CNCCN2CCOCC2)c1. The van der Waals surface area contributed by atoms with Crippen LogP contribution in [0.1, 0.15) is 5.56 Å². The Morgan fingerprint density at radius 1 is 1.37 bits per heavy atom. The van der Waals surface area contributed by atoms with E-state index < -0.39 is 0 Å². The number of hydrogen-bond donors (Lipinski definition) is 1. The molecule has 0 aliphatic carbocycles. The summed E-state index contributed by atoms with van der Waals surface area (Å²) in [5.74, 6) is 0.896. The van der Waals surface area contributed by atoms with Crippen molar-refractivity contribution in [1.82, 2.24) is 10.2 Å². The molecule has 1 aliphatic heterocycles. The van der Waals surface area contributed by atoms with Crippen molar-refractivity contribution in [1.29, 1.82) is 0 Å². The zero-order chi connectivity index (χ0) is 13.5. The lowest BCUT2D eigenvalue weighted by Gasteiger charge is -2.26. The third-order valence-corrected chi connectivity index (χ3v) is 4.05. The van der Waals surface area contributed by atoms with E-state index in [1.54, 1.807) is 7.11 Å². The number of hydrogen-bond acceptors (Lipinski definition) is 4. The molecular formula is C14H21BrN2O2. The molecule has 4 nitrogen and oxygen atoms in total. The van der Waals surface area contributed by atoms with Crippen molar-refractivity contribution in [3.8, 4) is 5.75 Å². The quantitative estimate of drug-likeness (QED) is 0.808. The van der Waals surface area contributed by atoms with Crippen LogP contribution in [0.25, 0.3) is 0 Å². The molecule has 1 fully saturated rings. The van der Waals surface area contributed by atoms with E-state index in [4.69, 9.17) is 9.47 Å². The van der Waals surface area contributed by atoms with Gasteiger partial charge in [-0.05, 0) is 23.8 Å². The van der Waals surface area contributed by atoms with Gasteiger partial charge in [-0.25, -0.2) is 0 Å². The lowest BCUT2D eigenvalue weighted by atomic mass is 10.2. The molecule has 1 aliphatic rings. The minimum Gasteiger partial charge on any atom is -0.497 e. The van der Waals surface area contributed by atoms with Gasteiger partial charge in [-0.1, -0.05) is 15.9 Å². The van der Waals surface area contributed by atoms with E-state index in [-0.39, 0.29) is 0 Å². The molecule has 0 amide bonds. The highest BCUT2D eigenvalue weighted by molar-refractivity contribution is 9.10. The van der Waals surface area contributed by atoms with E-state index in [1.165, 1.54) is 5.56 Å². The first-order chi connectivity index (χ1) is 9.29. The number of methoxy groups -OCH3 is 1. The van der Waals surface area contributed by atoms with Crippen LogP contribution in [0, 0.1) is 0 Å². The summed E-state index contributed by atoms with van der Waals surface area (Å²) in [7, 11) is 1.69. The lowest BCUT2D eigenvalue weighted by Crippen LogP contribution is -2.40. The highest BCUT2D eigenvalue weighted by Crippen LogP contribution is 2.22. The average molecular weight is 329 g/mol. The number of rotatable bonds is 6. The van der Waals surface area contributed by atoms with Gasteiger partial charge in [-0.3, -0.25) is 4.90 Å². The molecule has 0 atom stereocenters. The van der Waals surface area contributed by atoms with Crippen LogP contribution in [0.2, 0.25) is 0 Å². The maximum atomic E-state index is 5.33. The fraction of sp³-hybridized carbons (Fsp3) is 0.571. The summed E-state index contributed by atoms with van der Waals surface area (Å²) in [5, 5.41) is 3.47. The van der Waals surface area contributed by atoms with Gasteiger partial charge in [0.2, 0.25) is 0 Å². The summed E-state index contributed by atoms with van der Waals surface area (Å²) in [6.07, 6.45) is 0. The first-order valence-corrected chi connectivity index (χ1v) is 7.42. The van der Waals surface area contributed by atoms with Crippen molar-refractivity contribution in [3.63, 3.8) is 0 Å². The van der Waals surface area contributed by atoms with Gasteiger partial charge in [0.25, 0.3) is 0 Å². The van der Waals surface area contributed by atoms with Crippen LogP contribution < -0.4 is 10.1 Å². The Bertz CT molecular complexity index is 395. The molecule has 0 unspecified atom stereocenters. The van der Waals surface area contributed by atoms with Crippen molar-refractivity contribution < 1.29 is 9.47 Å². The van der Waals surface area contributed by atoms with Gasteiger partial charge in [0.1, 0.15) is 5.75 Å². The number of nitrogens with one attached hydrogen (secondary N) is 1. The Balaban J connectivity index is 1.72. The van der Waals surface area contributed by atoms with E-state index in [0.29, 0.717) is 0 Å². The monoisotopic (exact) mass is 328 g/mol. The average Bonchev–Trinajstić information content (AvgIpc) is 2.46. The van der Waals surface area contributed by atoms with Crippen LogP contribution in [-0.4, -0.2) is 51.4 Å². The minimum absolute atomic E-state index is 0.849. The third kappa shape index (κ3) is 4.76. The van der Waals surface area contributed by atoms with Crippen molar-refractivity contribution in [2.24, 2.45) is 0 Å². The molecule has 0 spiro atoms. The lowest BCUT2D eigenvalue weighted by molar-refractivity contribution is 0.0384. The zero-order valence-corrected chi connectivity index (χ0v) is 12.9. The van der Waals surface area contributed by atoms with Crippen LogP contribution in [0.3, 0.4) is 0 Å². The molecule has 106 valence electrons. The second kappa shape index (κ2) is 7.85. The number of halogens is 1. The van der Waals surface area contributed by atoms with Crippen LogP contribution in [0.4, 0.5) is 0 Å². The molecule has 0 aromatic heterocycles. The fourth-order valence-corrected chi connectivity index (χ4v) is 2.49. The van der Waals surface area contributed by atoms with Gasteiger partial charge in [-0.15, -0.1) is 0 Å². The van der Waals surface area contributed by atoms with Crippen LogP contribution in [-0.2, 0) is 11.3 Å². The Labute approximate surface area is 123 Å². The number of ether oxygens (including phenoxy) is 2. The Hall–Kier alpha value is -0.620. The fourth-order valence-electron chi connectivity index (χ4n) is 2.10. The first kappa shape index (κ1) is 14.8. The summed E-state index contributed by atoms with van der Waals surface area (Å²) in [6.45, 7) is 6.73. The summed E-state index contributed by atoms with van der Waals surface area (Å²) in [4.78, 5) is 2.43. The molecule has 0 bridgehead atoms. The highest BCUT2D eigenvalue weighted by atomic mass is 79.9. The van der Waals surface area contributed by atoms with Gasteiger partial charge in [0.05, 0.1) is 20.3 Å². The number of benzene rings is 1. The smallest absolute Gasteiger partial charge is 0.119 e. The zero-order valence-electron chi connectivity index (χ0n) is 11.3. The van der Waals surface area contributed by atoms with E-state index in [0.717, 1.165) is 56.2 Å². The molecule has 1 aromatic rings. The minimum atomic E-state index is 0.849. The second-order valence-corrected chi connectivity index (χ2v) is 5.44. The number of nitrogens with zero attached hydrogens (tertiary/aromatic N) is 1. The maximum absolute atomic E-state index is 5.33. The van der Waals surface area contributed by atoms with E-state index >= 15 is 0 Å². The summed E-state index contributed by atoms with van der Waals surface area (Å²) < 4.78 is 11.7. The van der Waals surface area contributed by atoms with Gasteiger partial charge in [0.15, 0.2) is 0 Å². The largest absolute Gasteiger partial charge is 0.497 e. The van der Waals surface area contributed by atoms with Crippen LogP contribution in [0.5, 0.6) is 5.75 Å². The van der Waals surface area contributed by atoms with Crippen LogP contribution in [0.15, 0.2) is 22.7 Å². The third-order valence-electron chi connectivity index (χ3n) is 3.28. The molecule has 1 aromatic carbocycles. The van der Waals surface area contributed by atoms with Gasteiger partial charge >= 0.3 is 0 Å². The summed E-state index contributed by atoms with van der Waals surface area (Å²) in [6, 6.07) is 6.05. The van der Waals surface area contributed by atoms with Gasteiger partial charge in [0, 0.05) is 37.2 Å². The summed E-state index contributed by atoms with van der Waals surface area (Å²) in [5.41, 5.74) is 1.22. The normalized spacial score (nSPS) is 16.5.